The average Bonchev–Trinajstić information content (AvgIpc) is 2.63. The van der Waals surface area contributed by atoms with Gasteiger partial charge < -0.3 is 10.1 Å². The first-order chi connectivity index (χ1) is 12.6. The number of carbonyl (C=O) groups is 2. The summed E-state index contributed by atoms with van der Waals surface area (Å²) in [5.41, 5.74) is 3.37. The summed E-state index contributed by atoms with van der Waals surface area (Å²) in [5, 5.41) is 3.60. The minimum atomic E-state index is -0.430. The van der Waals surface area contributed by atoms with Crippen molar-refractivity contribution in [1.82, 2.24) is 10.3 Å². The Bertz CT molecular complexity index is 814. The Hall–Kier alpha value is -2.43. The van der Waals surface area contributed by atoms with Gasteiger partial charge in [0.2, 0.25) is 0 Å². The number of hydrogen-bond donors (Lipinski definition) is 1. The Kier molecular flexibility index (Phi) is 5.86. The number of amides is 1. The first-order valence-electron chi connectivity index (χ1n) is 9.40. The third-order valence-electron chi connectivity index (χ3n) is 4.75. The van der Waals surface area contributed by atoms with Crippen LogP contribution < -0.4 is 5.32 Å². The van der Waals surface area contributed by atoms with Crippen molar-refractivity contribution in [2.24, 2.45) is 5.92 Å². The third-order valence-corrected chi connectivity index (χ3v) is 4.75. The molecule has 0 radical (unpaired) electrons. The van der Waals surface area contributed by atoms with Gasteiger partial charge in [-0.3, -0.25) is 9.78 Å². The topological polar surface area (TPSA) is 68.3 Å². The van der Waals surface area contributed by atoms with Crippen molar-refractivity contribution in [3.05, 3.63) is 41.1 Å². The Labute approximate surface area is 154 Å². The lowest BCUT2D eigenvalue weighted by molar-refractivity contribution is -0.124. The molecule has 0 saturated carbocycles. The summed E-state index contributed by atoms with van der Waals surface area (Å²) in [6.45, 7) is 4.55. The number of nitrogens with one attached hydrogen (secondary N) is 1. The normalized spacial score (nSPS) is 13.5. The van der Waals surface area contributed by atoms with Crippen LogP contribution in [0.2, 0.25) is 0 Å². The fourth-order valence-electron chi connectivity index (χ4n) is 3.36. The predicted molar refractivity (Wildman–Crippen MR) is 101 cm³/mol. The molecule has 0 aliphatic heterocycles. The summed E-state index contributed by atoms with van der Waals surface area (Å²) in [4.78, 5) is 29.4. The van der Waals surface area contributed by atoms with Crippen molar-refractivity contribution in [1.29, 1.82) is 0 Å². The lowest BCUT2D eigenvalue weighted by Crippen LogP contribution is -2.30. The first kappa shape index (κ1) is 18.4. The van der Waals surface area contributed by atoms with Gasteiger partial charge in [-0.25, -0.2) is 4.79 Å². The summed E-state index contributed by atoms with van der Waals surface area (Å²) in [7, 11) is 0. The van der Waals surface area contributed by atoms with Gasteiger partial charge in [0.25, 0.3) is 5.91 Å². The number of aryl methyl sites for hydroxylation is 1. The second-order valence-corrected chi connectivity index (χ2v) is 7.24. The predicted octanol–water partition coefficient (Wildman–Crippen LogP) is 3.43. The molecule has 0 bridgehead atoms. The van der Waals surface area contributed by atoms with E-state index >= 15 is 0 Å². The number of benzene rings is 1. The molecule has 1 aromatic heterocycles. The van der Waals surface area contributed by atoms with E-state index in [1.165, 1.54) is 0 Å². The number of esters is 1. The van der Waals surface area contributed by atoms with Gasteiger partial charge in [-0.1, -0.05) is 32.0 Å². The molecule has 0 fully saturated rings. The van der Waals surface area contributed by atoms with E-state index in [4.69, 9.17) is 9.72 Å². The smallest absolute Gasteiger partial charge is 0.339 e. The summed E-state index contributed by atoms with van der Waals surface area (Å²) in [5.74, 6) is -0.167. The van der Waals surface area contributed by atoms with Crippen molar-refractivity contribution in [2.45, 2.75) is 46.0 Å². The van der Waals surface area contributed by atoms with Crippen LogP contribution in [0.1, 0.15) is 54.7 Å². The largest absolute Gasteiger partial charge is 0.452 e. The lowest BCUT2D eigenvalue weighted by Gasteiger charge is -2.20. The molecule has 26 heavy (non-hydrogen) atoms. The van der Waals surface area contributed by atoms with Crippen LogP contribution in [-0.2, 0) is 22.4 Å². The highest BCUT2D eigenvalue weighted by Crippen LogP contribution is 2.29. The summed E-state index contributed by atoms with van der Waals surface area (Å²) in [6.07, 6.45) is 4.75. The lowest BCUT2D eigenvalue weighted by atomic mass is 9.90. The van der Waals surface area contributed by atoms with Crippen LogP contribution in [0.25, 0.3) is 10.9 Å². The van der Waals surface area contributed by atoms with Crippen LogP contribution in [0, 0.1) is 5.92 Å². The minimum absolute atomic E-state index is 0.248. The zero-order valence-electron chi connectivity index (χ0n) is 15.5. The molecule has 1 N–H and O–H groups in total. The number of hydrogen-bond acceptors (Lipinski definition) is 4. The first-order valence-corrected chi connectivity index (χ1v) is 9.40. The molecule has 0 spiro atoms. The molecule has 1 amide bonds. The maximum absolute atomic E-state index is 12.8. The van der Waals surface area contributed by atoms with E-state index < -0.39 is 5.97 Å². The fraction of sp³-hybridized carbons (Fsp3) is 0.476. The third kappa shape index (κ3) is 4.21. The molecular formula is C21H26N2O3. The van der Waals surface area contributed by atoms with E-state index in [0.29, 0.717) is 18.0 Å². The molecule has 5 heteroatoms. The summed E-state index contributed by atoms with van der Waals surface area (Å²) in [6, 6.07) is 7.63. The zero-order chi connectivity index (χ0) is 18.5. The second kappa shape index (κ2) is 8.30. The molecular weight excluding hydrogens is 328 g/mol. The minimum Gasteiger partial charge on any atom is -0.452 e. The Morgan fingerprint density at radius 3 is 2.77 bits per heavy atom. The van der Waals surface area contributed by atoms with Crippen LogP contribution >= 0.6 is 0 Å². The molecule has 5 nitrogen and oxygen atoms in total. The molecule has 1 heterocycles. The number of nitrogens with zero attached hydrogens (tertiary/aromatic N) is 1. The van der Waals surface area contributed by atoms with Crippen LogP contribution in [0.3, 0.4) is 0 Å². The van der Waals surface area contributed by atoms with E-state index in [0.717, 1.165) is 54.3 Å². The van der Waals surface area contributed by atoms with Crippen molar-refractivity contribution in [3.8, 4) is 0 Å². The summed E-state index contributed by atoms with van der Waals surface area (Å²) >= 11 is 0. The van der Waals surface area contributed by atoms with Crippen molar-refractivity contribution in [2.75, 3.05) is 13.2 Å². The van der Waals surface area contributed by atoms with Gasteiger partial charge in [0.05, 0.1) is 11.1 Å². The molecule has 3 rings (SSSR count). The Balaban J connectivity index is 1.76. The van der Waals surface area contributed by atoms with Gasteiger partial charge in [0, 0.05) is 17.6 Å². The second-order valence-electron chi connectivity index (χ2n) is 7.24. The van der Waals surface area contributed by atoms with Crippen molar-refractivity contribution >= 4 is 22.8 Å². The van der Waals surface area contributed by atoms with Crippen LogP contribution in [0.4, 0.5) is 0 Å². The van der Waals surface area contributed by atoms with Crippen LogP contribution in [-0.4, -0.2) is 30.0 Å². The number of pyridine rings is 1. The van der Waals surface area contributed by atoms with E-state index in [2.05, 4.69) is 19.2 Å². The maximum Gasteiger partial charge on any atom is 0.339 e. The molecule has 1 aliphatic carbocycles. The summed E-state index contributed by atoms with van der Waals surface area (Å²) < 4.78 is 5.34. The maximum atomic E-state index is 12.8. The number of carbonyl (C=O) groups excluding carboxylic acids is 2. The number of fused-ring (bicyclic) bond motifs is 2. The molecule has 138 valence electrons. The number of para-hydroxylation sites is 1. The standard InChI is InChI=1S/C21H26N2O3/c1-14(2)11-12-22-19(24)13-26-21(25)20-15-7-3-5-9-17(15)23-18-10-6-4-8-16(18)20/h3,5,7,9,14H,4,6,8,10-13H2,1-2H3,(H,22,24). The molecule has 0 atom stereocenters. The van der Waals surface area contributed by atoms with Gasteiger partial charge in [0.15, 0.2) is 6.61 Å². The highest BCUT2D eigenvalue weighted by molar-refractivity contribution is 6.05. The highest BCUT2D eigenvalue weighted by Gasteiger charge is 2.23. The fourth-order valence-corrected chi connectivity index (χ4v) is 3.36. The number of rotatable bonds is 6. The van der Waals surface area contributed by atoms with Crippen molar-refractivity contribution in [3.63, 3.8) is 0 Å². The Morgan fingerprint density at radius 1 is 1.19 bits per heavy atom. The van der Waals surface area contributed by atoms with E-state index in [9.17, 15) is 9.59 Å². The SMILES string of the molecule is CC(C)CCNC(=O)COC(=O)c1c2c(nc3ccccc13)CCCC2. The van der Waals surface area contributed by atoms with Gasteiger partial charge in [-0.2, -0.15) is 0 Å². The average molecular weight is 354 g/mol. The molecule has 2 aromatic rings. The van der Waals surface area contributed by atoms with E-state index in [1.807, 2.05) is 24.3 Å². The monoisotopic (exact) mass is 354 g/mol. The van der Waals surface area contributed by atoms with Crippen molar-refractivity contribution < 1.29 is 14.3 Å². The van der Waals surface area contributed by atoms with Crippen LogP contribution in [0.15, 0.2) is 24.3 Å². The quantitative estimate of drug-likeness (QED) is 0.807. The van der Waals surface area contributed by atoms with Gasteiger partial charge >= 0.3 is 5.97 Å². The molecule has 0 saturated heterocycles. The number of ether oxygens (including phenoxy) is 1. The van der Waals surface area contributed by atoms with E-state index in [1.54, 1.807) is 0 Å². The molecule has 1 aliphatic rings. The zero-order valence-corrected chi connectivity index (χ0v) is 15.5. The van der Waals surface area contributed by atoms with Gasteiger partial charge in [0.1, 0.15) is 0 Å². The van der Waals surface area contributed by atoms with Gasteiger partial charge in [-0.05, 0) is 49.7 Å². The Morgan fingerprint density at radius 2 is 1.96 bits per heavy atom. The van der Waals surface area contributed by atoms with Gasteiger partial charge in [-0.15, -0.1) is 0 Å². The molecule has 0 unspecified atom stereocenters. The van der Waals surface area contributed by atoms with E-state index in [-0.39, 0.29) is 12.5 Å². The highest BCUT2D eigenvalue weighted by atomic mass is 16.5. The number of aromatic nitrogens is 1. The van der Waals surface area contributed by atoms with Crippen LogP contribution in [0.5, 0.6) is 0 Å². The molecule has 1 aromatic carbocycles.